The van der Waals surface area contributed by atoms with Gasteiger partial charge in [-0.1, -0.05) is 11.3 Å². The number of fused-ring (bicyclic) bond motifs is 2. The molecule has 9 rings (SSSR count). The molecule has 4 aromatic heterocycles. The fraction of sp³-hybridized carbons (Fsp3) is 0.375. The van der Waals surface area contributed by atoms with Crippen LogP contribution in [0, 0.1) is 17.2 Å². The van der Waals surface area contributed by atoms with Crippen molar-refractivity contribution in [2.24, 2.45) is 5.92 Å². The number of benzene rings is 1. The Balaban J connectivity index is 0.777. The highest BCUT2D eigenvalue weighted by Crippen LogP contribution is 2.39. The van der Waals surface area contributed by atoms with Crippen molar-refractivity contribution in [3.8, 4) is 28.0 Å². The minimum absolute atomic E-state index is 0.0944. The zero-order chi connectivity index (χ0) is 38.5. The van der Waals surface area contributed by atoms with E-state index in [0.29, 0.717) is 34.6 Å². The van der Waals surface area contributed by atoms with Gasteiger partial charge in [0.05, 0.1) is 45.4 Å². The first kappa shape index (κ1) is 35.6. The van der Waals surface area contributed by atoms with Crippen LogP contribution in [0.3, 0.4) is 0 Å². The van der Waals surface area contributed by atoms with Crippen molar-refractivity contribution in [3.63, 3.8) is 0 Å². The van der Waals surface area contributed by atoms with Gasteiger partial charge in [0.1, 0.15) is 17.1 Å². The molecule has 0 unspecified atom stereocenters. The molecule has 2 atom stereocenters. The predicted molar refractivity (Wildman–Crippen MR) is 208 cm³/mol. The molecule has 56 heavy (non-hydrogen) atoms. The van der Waals surface area contributed by atoms with Crippen LogP contribution in [0.2, 0.25) is 0 Å². The highest BCUT2D eigenvalue weighted by molar-refractivity contribution is 7.14. The first-order chi connectivity index (χ1) is 27.3. The average molecular weight is 770 g/mol. The molecule has 2 saturated heterocycles. The van der Waals surface area contributed by atoms with Crippen LogP contribution in [-0.2, 0) is 9.59 Å². The van der Waals surface area contributed by atoms with Crippen LogP contribution >= 0.6 is 11.3 Å². The van der Waals surface area contributed by atoms with Gasteiger partial charge in [-0.25, -0.2) is 4.52 Å². The number of amides is 4. The molecule has 3 aliphatic heterocycles. The van der Waals surface area contributed by atoms with Gasteiger partial charge >= 0.3 is 0 Å². The monoisotopic (exact) mass is 769 g/mol. The molecule has 4 aliphatic rings. The largest absolute Gasteiger partial charge is 0.387 e. The maximum Gasteiger partial charge on any atom is 0.262 e. The van der Waals surface area contributed by atoms with Crippen LogP contribution in [0.15, 0.2) is 54.9 Å². The number of nitriles is 1. The van der Waals surface area contributed by atoms with Crippen LogP contribution in [0.5, 0.6) is 0 Å². The van der Waals surface area contributed by atoms with Crippen molar-refractivity contribution in [2.45, 2.75) is 62.9 Å². The molecule has 5 aromatic rings. The molecule has 284 valence electrons. The van der Waals surface area contributed by atoms with E-state index in [1.807, 2.05) is 37.5 Å². The molecule has 3 fully saturated rings. The van der Waals surface area contributed by atoms with E-state index in [-0.39, 0.29) is 18.7 Å². The average Bonchev–Trinajstić information content (AvgIpc) is 4.04. The highest BCUT2D eigenvalue weighted by Gasteiger charge is 2.45. The van der Waals surface area contributed by atoms with Crippen molar-refractivity contribution in [1.29, 1.82) is 5.26 Å². The molecule has 15 nitrogen and oxygen atoms in total. The van der Waals surface area contributed by atoms with Crippen molar-refractivity contribution >= 4 is 51.9 Å². The van der Waals surface area contributed by atoms with E-state index in [0.717, 1.165) is 100 Å². The number of anilines is 2. The summed E-state index contributed by atoms with van der Waals surface area (Å²) in [7, 11) is 1.88. The minimum Gasteiger partial charge on any atom is -0.387 e. The van der Waals surface area contributed by atoms with E-state index in [9.17, 15) is 24.4 Å². The number of pyridine rings is 1. The quantitative estimate of drug-likeness (QED) is 0.180. The van der Waals surface area contributed by atoms with Crippen LogP contribution in [-0.4, -0.2) is 92.1 Å². The Hall–Kier alpha value is -6.05. The van der Waals surface area contributed by atoms with Crippen LogP contribution in [0.25, 0.3) is 27.5 Å². The van der Waals surface area contributed by atoms with Gasteiger partial charge in [0.15, 0.2) is 5.01 Å². The molecule has 1 saturated carbocycles. The Kier molecular flexibility index (Phi) is 9.26. The van der Waals surface area contributed by atoms with E-state index in [2.05, 4.69) is 42.2 Å². The zero-order valence-electron chi connectivity index (χ0n) is 30.7. The van der Waals surface area contributed by atoms with Crippen molar-refractivity contribution in [3.05, 3.63) is 76.6 Å². The van der Waals surface area contributed by atoms with Gasteiger partial charge in [-0.05, 0) is 93.5 Å². The lowest BCUT2D eigenvalue weighted by atomic mass is 9.86. The lowest BCUT2D eigenvalue weighted by Crippen LogP contribution is -2.54. The van der Waals surface area contributed by atoms with Crippen LogP contribution in [0.4, 0.5) is 11.4 Å². The molecule has 0 radical (unpaired) electrons. The number of carbonyl (C=O) groups excluding carboxylic acids is 4. The first-order valence-corrected chi connectivity index (χ1v) is 19.8. The molecular formula is C40H39N11O4S. The second-order valence-corrected chi connectivity index (χ2v) is 16.0. The van der Waals surface area contributed by atoms with Gasteiger partial charge < -0.3 is 15.5 Å². The second kappa shape index (κ2) is 14.5. The van der Waals surface area contributed by atoms with Gasteiger partial charge in [-0.3, -0.25) is 34.4 Å². The second-order valence-electron chi connectivity index (χ2n) is 15.0. The number of imide groups is 2. The number of carbonyl (C=O) groups is 4. The summed E-state index contributed by atoms with van der Waals surface area (Å²) in [5.41, 5.74) is 6.23. The van der Waals surface area contributed by atoms with Gasteiger partial charge in [-0.2, -0.15) is 10.4 Å². The molecule has 1 aliphatic carbocycles. The van der Waals surface area contributed by atoms with E-state index in [1.165, 1.54) is 0 Å². The van der Waals surface area contributed by atoms with Gasteiger partial charge in [0, 0.05) is 56.1 Å². The number of piperidine rings is 1. The van der Waals surface area contributed by atoms with E-state index >= 15 is 0 Å². The molecule has 0 spiro atoms. The fourth-order valence-corrected chi connectivity index (χ4v) is 9.54. The number of rotatable bonds is 9. The summed E-state index contributed by atoms with van der Waals surface area (Å²) >= 11 is 1.63. The highest BCUT2D eigenvalue weighted by atomic mass is 32.1. The molecular weight excluding hydrogens is 731 g/mol. The Morgan fingerprint density at radius 2 is 1.77 bits per heavy atom. The zero-order valence-corrected chi connectivity index (χ0v) is 31.5. The Labute approximate surface area is 326 Å². The van der Waals surface area contributed by atoms with Crippen molar-refractivity contribution in [1.82, 2.24) is 40.3 Å². The topological polar surface area (TPSA) is 191 Å². The number of aromatic nitrogens is 5. The summed E-state index contributed by atoms with van der Waals surface area (Å²) in [6.07, 6.45) is 8.85. The summed E-state index contributed by atoms with van der Waals surface area (Å²) in [4.78, 5) is 58.6. The van der Waals surface area contributed by atoms with Crippen LogP contribution < -0.4 is 20.9 Å². The number of hydrogen-bond acceptors (Lipinski definition) is 13. The molecule has 3 N–H and O–H groups in total. The maximum atomic E-state index is 13.3. The number of nitrogens with one attached hydrogen (secondary N) is 3. The third-order valence-electron chi connectivity index (χ3n) is 11.6. The van der Waals surface area contributed by atoms with Gasteiger partial charge in [-0.15, -0.1) is 10.2 Å². The fourth-order valence-electron chi connectivity index (χ4n) is 8.50. The van der Waals surface area contributed by atoms with E-state index < -0.39 is 23.8 Å². The summed E-state index contributed by atoms with van der Waals surface area (Å²) in [6.45, 7) is 2.61. The number of nitrogens with zero attached hydrogens (tertiary/aromatic N) is 8. The van der Waals surface area contributed by atoms with Crippen molar-refractivity contribution < 1.29 is 19.2 Å². The maximum absolute atomic E-state index is 13.3. The molecule has 16 heteroatoms. The van der Waals surface area contributed by atoms with E-state index in [1.54, 1.807) is 40.2 Å². The van der Waals surface area contributed by atoms with E-state index in [4.69, 9.17) is 4.98 Å². The minimum atomic E-state index is -0.970. The lowest BCUT2D eigenvalue weighted by molar-refractivity contribution is -0.136. The normalized spacial score (nSPS) is 22.4. The smallest absolute Gasteiger partial charge is 0.262 e. The van der Waals surface area contributed by atoms with Gasteiger partial charge in [0.2, 0.25) is 11.8 Å². The summed E-state index contributed by atoms with van der Waals surface area (Å²) in [5, 5.41) is 34.1. The first-order valence-electron chi connectivity index (χ1n) is 19.0. The predicted octanol–water partition coefficient (Wildman–Crippen LogP) is 4.37. The van der Waals surface area contributed by atoms with Crippen LogP contribution in [0.1, 0.15) is 82.2 Å². The molecule has 1 aromatic carbocycles. The molecule has 0 bridgehead atoms. The Bertz CT molecular complexity index is 2450. The lowest BCUT2D eigenvalue weighted by Gasteiger charge is -2.29. The molecule has 7 heterocycles. The molecule has 4 amide bonds. The summed E-state index contributed by atoms with van der Waals surface area (Å²) in [6, 6.07) is 14.6. The summed E-state index contributed by atoms with van der Waals surface area (Å²) in [5.74, 6) is -1.14. The van der Waals surface area contributed by atoms with Crippen molar-refractivity contribution in [2.75, 3.05) is 36.9 Å². The third kappa shape index (κ3) is 6.46. The van der Waals surface area contributed by atoms with Gasteiger partial charge in [0.25, 0.3) is 11.8 Å². The number of hydrogen-bond donors (Lipinski definition) is 3. The third-order valence-corrected chi connectivity index (χ3v) is 12.7. The SMILES string of the molecule is CNc1cc(-c2ccc3cc(C#N)cnn23)ncc1-c1nnc(C2CCC(NC[C@@H]3CCN(c4ccc5c(c4)C(=O)N([C@H]4CCC(=O)NC4=O)C5=O)C3)CC2)s1. The Morgan fingerprint density at radius 1 is 0.929 bits per heavy atom. The summed E-state index contributed by atoms with van der Waals surface area (Å²) < 4.78 is 1.78. The Morgan fingerprint density at radius 3 is 2.57 bits per heavy atom. The standard InChI is InChI=1S/C40H39N11O4S/c1-42-31-16-32(33-9-7-27-14-23(17-41)19-45-51(27)33)44-20-30(31)38-48-47-37(56-38)24-2-4-25(5-3-24)43-18-22-12-13-49(21-22)26-6-8-28-29(15-26)40(55)50(39(28)54)34-10-11-35(52)46-36(34)53/h6-9,14-16,19-20,22,24-25,34,43H,2-5,10-13,18,21H2,1H3,(H,42,44)(H,46,52,53)/t22-,24?,25?,34-/m0/s1.